The van der Waals surface area contributed by atoms with Gasteiger partial charge in [0.05, 0.1) is 5.54 Å². The Morgan fingerprint density at radius 2 is 1.74 bits per heavy atom. The zero-order valence-electron chi connectivity index (χ0n) is 17.2. The second-order valence-electron chi connectivity index (χ2n) is 8.60. The fourth-order valence-electron chi connectivity index (χ4n) is 4.24. The van der Waals surface area contributed by atoms with E-state index in [1.165, 1.54) is 35.1 Å². The highest BCUT2D eigenvalue weighted by Gasteiger charge is 2.34. The van der Waals surface area contributed by atoms with Gasteiger partial charge in [0.25, 0.3) is 0 Å². The van der Waals surface area contributed by atoms with Gasteiger partial charge >= 0.3 is 0 Å². The fourth-order valence-corrected chi connectivity index (χ4v) is 4.24. The van der Waals surface area contributed by atoms with Crippen molar-refractivity contribution in [3.8, 4) is 0 Å². The highest BCUT2D eigenvalue weighted by atomic mass is 16.2. The average Bonchev–Trinajstić information content (AvgIpc) is 3.50. The average molecular weight is 366 g/mol. The summed E-state index contributed by atoms with van der Waals surface area (Å²) in [6.45, 7) is 8.25. The zero-order valence-corrected chi connectivity index (χ0v) is 17.2. The first-order valence-electron chi connectivity index (χ1n) is 10.5. The lowest BCUT2D eigenvalue weighted by Gasteiger charge is -2.36. The zero-order chi connectivity index (χ0) is 19.3. The SMILES string of the molecule is Cc1ccccc1[C@@](C)(NCC1CC1)c1ccccc1C[C@H](C)CCCO. The van der Waals surface area contributed by atoms with Crippen LogP contribution in [0.15, 0.2) is 48.5 Å². The Kier molecular flexibility index (Phi) is 6.73. The van der Waals surface area contributed by atoms with Gasteiger partial charge in [0.15, 0.2) is 0 Å². The van der Waals surface area contributed by atoms with Crippen LogP contribution in [0.5, 0.6) is 0 Å². The molecule has 2 heteroatoms. The number of nitrogens with one attached hydrogen (secondary N) is 1. The number of aliphatic hydroxyl groups excluding tert-OH is 1. The normalized spacial score (nSPS) is 17.5. The molecule has 0 aromatic heterocycles. The van der Waals surface area contributed by atoms with Crippen LogP contribution < -0.4 is 5.32 Å². The summed E-state index contributed by atoms with van der Waals surface area (Å²) in [5, 5.41) is 13.1. The smallest absolute Gasteiger partial charge is 0.0667 e. The van der Waals surface area contributed by atoms with Gasteiger partial charge in [-0.15, -0.1) is 0 Å². The first-order chi connectivity index (χ1) is 13.0. The molecule has 1 fully saturated rings. The highest BCUT2D eigenvalue weighted by molar-refractivity contribution is 5.45. The van der Waals surface area contributed by atoms with Crippen LogP contribution in [0.2, 0.25) is 0 Å². The van der Waals surface area contributed by atoms with E-state index in [9.17, 15) is 0 Å². The minimum atomic E-state index is -0.179. The summed E-state index contributed by atoms with van der Waals surface area (Å²) in [5.74, 6) is 1.41. The molecule has 27 heavy (non-hydrogen) atoms. The van der Waals surface area contributed by atoms with Crippen LogP contribution in [0.1, 0.15) is 61.8 Å². The number of aryl methyl sites for hydroxylation is 1. The van der Waals surface area contributed by atoms with Gasteiger partial charge in [-0.05, 0) is 86.6 Å². The van der Waals surface area contributed by atoms with E-state index in [1.54, 1.807) is 0 Å². The molecule has 2 nitrogen and oxygen atoms in total. The van der Waals surface area contributed by atoms with E-state index in [0.29, 0.717) is 5.92 Å². The molecule has 1 aliphatic rings. The number of rotatable bonds is 10. The van der Waals surface area contributed by atoms with Crippen molar-refractivity contribution in [3.63, 3.8) is 0 Å². The predicted molar refractivity (Wildman–Crippen MR) is 114 cm³/mol. The van der Waals surface area contributed by atoms with Crippen LogP contribution in [-0.4, -0.2) is 18.3 Å². The molecule has 0 unspecified atom stereocenters. The summed E-state index contributed by atoms with van der Waals surface area (Å²) in [5.41, 5.74) is 5.36. The predicted octanol–water partition coefficient (Wildman–Crippen LogP) is 5.21. The van der Waals surface area contributed by atoms with Crippen molar-refractivity contribution < 1.29 is 5.11 Å². The van der Waals surface area contributed by atoms with Crippen molar-refractivity contribution >= 4 is 0 Å². The topological polar surface area (TPSA) is 32.3 Å². The Hall–Kier alpha value is -1.64. The third kappa shape index (κ3) is 5.00. The monoisotopic (exact) mass is 365 g/mol. The second-order valence-corrected chi connectivity index (χ2v) is 8.60. The van der Waals surface area contributed by atoms with Crippen molar-refractivity contribution in [1.82, 2.24) is 5.32 Å². The quantitative estimate of drug-likeness (QED) is 0.606. The number of hydrogen-bond acceptors (Lipinski definition) is 2. The van der Waals surface area contributed by atoms with Crippen molar-refractivity contribution in [2.24, 2.45) is 11.8 Å². The summed E-state index contributed by atoms with van der Waals surface area (Å²) in [6.07, 6.45) is 5.73. The number of benzene rings is 2. The lowest BCUT2D eigenvalue weighted by atomic mass is 9.78. The van der Waals surface area contributed by atoms with Gasteiger partial charge in [-0.3, -0.25) is 0 Å². The molecule has 2 aromatic rings. The van der Waals surface area contributed by atoms with Crippen LogP contribution in [-0.2, 0) is 12.0 Å². The molecule has 2 N–H and O–H groups in total. The Labute approximate surface area is 165 Å². The number of aliphatic hydroxyl groups is 1. The minimum absolute atomic E-state index is 0.179. The van der Waals surface area contributed by atoms with E-state index in [2.05, 4.69) is 74.6 Å². The standard InChI is InChI=1S/C25H35NO/c1-19(9-8-16-27)17-22-11-5-7-13-24(22)25(3,26-18-21-14-15-21)23-12-6-4-10-20(23)2/h4-7,10-13,19,21,26-27H,8-9,14-18H2,1-3H3/t19-,25-/m1/s1. The minimum Gasteiger partial charge on any atom is -0.396 e. The summed E-state index contributed by atoms with van der Waals surface area (Å²) in [7, 11) is 0. The van der Waals surface area contributed by atoms with E-state index < -0.39 is 0 Å². The Morgan fingerprint density at radius 1 is 1.07 bits per heavy atom. The fraction of sp³-hybridized carbons (Fsp3) is 0.520. The summed E-state index contributed by atoms with van der Waals surface area (Å²) < 4.78 is 0. The van der Waals surface area contributed by atoms with E-state index in [0.717, 1.165) is 31.7 Å². The maximum atomic E-state index is 9.16. The third-order valence-corrected chi connectivity index (χ3v) is 6.10. The van der Waals surface area contributed by atoms with Gasteiger partial charge < -0.3 is 10.4 Å². The Bertz CT molecular complexity index is 737. The van der Waals surface area contributed by atoms with E-state index >= 15 is 0 Å². The molecule has 0 spiro atoms. The van der Waals surface area contributed by atoms with Gasteiger partial charge in [0, 0.05) is 6.61 Å². The molecule has 2 atom stereocenters. The Morgan fingerprint density at radius 3 is 2.41 bits per heavy atom. The van der Waals surface area contributed by atoms with Crippen LogP contribution in [0.25, 0.3) is 0 Å². The highest BCUT2D eigenvalue weighted by Crippen LogP contribution is 2.37. The second kappa shape index (κ2) is 9.03. The molecular weight excluding hydrogens is 330 g/mol. The maximum Gasteiger partial charge on any atom is 0.0667 e. The van der Waals surface area contributed by atoms with Crippen LogP contribution in [0.3, 0.4) is 0 Å². The lowest BCUT2D eigenvalue weighted by Crippen LogP contribution is -2.43. The molecule has 0 radical (unpaired) electrons. The van der Waals surface area contributed by atoms with Crippen molar-refractivity contribution in [2.45, 2.75) is 58.4 Å². The first-order valence-corrected chi connectivity index (χ1v) is 10.5. The van der Waals surface area contributed by atoms with Crippen molar-refractivity contribution in [3.05, 3.63) is 70.8 Å². The number of hydrogen-bond donors (Lipinski definition) is 2. The van der Waals surface area contributed by atoms with E-state index in [1.807, 2.05) is 0 Å². The van der Waals surface area contributed by atoms with Gasteiger partial charge in [0.1, 0.15) is 0 Å². The molecule has 0 saturated heterocycles. The maximum absolute atomic E-state index is 9.16. The Balaban J connectivity index is 1.95. The molecule has 2 aromatic carbocycles. The van der Waals surface area contributed by atoms with Crippen molar-refractivity contribution in [1.29, 1.82) is 0 Å². The van der Waals surface area contributed by atoms with E-state index in [4.69, 9.17) is 5.11 Å². The molecule has 146 valence electrons. The lowest BCUT2D eigenvalue weighted by molar-refractivity contribution is 0.273. The largest absolute Gasteiger partial charge is 0.396 e. The molecule has 0 aliphatic heterocycles. The van der Waals surface area contributed by atoms with Crippen LogP contribution >= 0.6 is 0 Å². The van der Waals surface area contributed by atoms with Gasteiger partial charge in [0.2, 0.25) is 0 Å². The third-order valence-electron chi connectivity index (χ3n) is 6.10. The van der Waals surface area contributed by atoms with Gasteiger partial charge in [-0.2, -0.15) is 0 Å². The van der Waals surface area contributed by atoms with Crippen LogP contribution in [0, 0.1) is 18.8 Å². The molecule has 3 rings (SSSR count). The molecule has 0 heterocycles. The molecule has 1 saturated carbocycles. The molecule has 0 bridgehead atoms. The molecule has 1 aliphatic carbocycles. The molecular formula is C25H35NO. The van der Waals surface area contributed by atoms with Crippen molar-refractivity contribution in [2.75, 3.05) is 13.2 Å². The van der Waals surface area contributed by atoms with Crippen LogP contribution in [0.4, 0.5) is 0 Å². The van der Waals surface area contributed by atoms with E-state index in [-0.39, 0.29) is 12.1 Å². The first kappa shape index (κ1) is 20.1. The van der Waals surface area contributed by atoms with Gasteiger partial charge in [-0.1, -0.05) is 55.5 Å². The summed E-state index contributed by atoms with van der Waals surface area (Å²) >= 11 is 0. The summed E-state index contributed by atoms with van der Waals surface area (Å²) in [4.78, 5) is 0. The summed E-state index contributed by atoms with van der Waals surface area (Å²) in [6, 6.07) is 17.7. The van der Waals surface area contributed by atoms with Gasteiger partial charge in [-0.25, -0.2) is 0 Å². The molecule has 0 amide bonds.